The number of hydrogen-bond acceptors (Lipinski definition) is 1. The zero-order valence-corrected chi connectivity index (χ0v) is 5.29. The number of aryl methyl sites for hydroxylation is 1. The molecule has 0 spiro atoms. The zero-order chi connectivity index (χ0) is 6.69. The Labute approximate surface area is 55.0 Å². The van der Waals surface area contributed by atoms with Gasteiger partial charge in [-0.25, -0.2) is 0 Å². The van der Waals surface area contributed by atoms with Gasteiger partial charge in [0.2, 0.25) is 0 Å². The van der Waals surface area contributed by atoms with Crippen LogP contribution in [0, 0.1) is 6.92 Å². The van der Waals surface area contributed by atoms with Crippen molar-refractivity contribution >= 4 is 12.6 Å². The molecular formula is C7H7BO. The van der Waals surface area contributed by atoms with Crippen LogP contribution in [0.15, 0.2) is 24.3 Å². The maximum absolute atomic E-state index is 10.2. The molecule has 1 aromatic rings. The first-order chi connectivity index (χ1) is 4.33. The molecular weight excluding hydrogens is 111 g/mol. The molecule has 0 N–H and O–H groups in total. The van der Waals surface area contributed by atoms with Crippen LogP contribution in [-0.2, 0) is 4.70 Å². The molecule has 0 unspecified atom stereocenters. The van der Waals surface area contributed by atoms with Gasteiger partial charge >= 0.3 is 54.1 Å². The van der Waals surface area contributed by atoms with Crippen LogP contribution in [0.3, 0.4) is 0 Å². The second kappa shape index (κ2) is 2.58. The SMILES string of the molecule is Cc1cccc(B=O)c1. The van der Waals surface area contributed by atoms with E-state index in [4.69, 9.17) is 0 Å². The van der Waals surface area contributed by atoms with Gasteiger partial charge in [-0.2, -0.15) is 0 Å². The van der Waals surface area contributed by atoms with Crippen molar-refractivity contribution in [1.29, 1.82) is 0 Å². The molecule has 0 radical (unpaired) electrons. The van der Waals surface area contributed by atoms with Crippen molar-refractivity contribution in [1.82, 2.24) is 0 Å². The molecule has 0 aliphatic heterocycles. The summed E-state index contributed by atoms with van der Waals surface area (Å²) in [5, 5.41) is 0. The summed E-state index contributed by atoms with van der Waals surface area (Å²) >= 11 is 0. The van der Waals surface area contributed by atoms with Crippen molar-refractivity contribution in [3.63, 3.8) is 0 Å². The van der Waals surface area contributed by atoms with E-state index in [0.29, 0.717) is 0 Å². The topological polar surface area (TPSA) is 17.1 Å². The van der Waals surface area contributed by atoms with Gasteiger partial charge in [0, 0.05) is 0 Å². The van der Waals surface area contributed by atoms with Crippen LogP contribution in [0.2, 0.25) is 0 Å². The molecule has 0 aromatic heterocycles. The van der Waals surface area contributed by atoms with Gasteiger partial charge in [-0.15, -0.1) is 0 Å². The van der Waals surface area contributed by atoms with Crippen LogP contribution in [-0.4, -0.2) is 7.15 Å². The Bertz CT molecular complexity index is 220. The molecule has 2 heteroatoms. The number of benzene rings is 1. The van der Waals surface area contributed by atoms with E-state index in [1.165, 1.54) is 0 Å². The fraction of sp³-hybridized carbons (Fsp3) is 0.143. The van der Waals surface area contributed by atoms with Crippen molar-refractivity contribution in [3.05, 3.63) is 29.8 Å². The van der Waals surface area contributed by atoms with Crippen molar-refractivity contribution < 1.29 is 4.70 Å². The van der Waals surface area contributed by atoms with E-state index in [-0.39, 0.29) is 0 Å². The molecule has 1 nitrogen and oxygen atoms in total. The molecule has 0 saturated heterocycles. The second-order valence-corrected chi connectivity index (χ2v) is 2.03. The first kappa shape index (κ1) is 6.21. The Morgan fingerprint density at radius 2 is 2.22 bits per heavy atom. The van der Waals surface area contributed by atoms with Crippen molar-refractivity contribution in [2.45, 2.75) is 6.92 Å². The Morgan fingerprint density at radius 1 is 1.44 bits per heavy atom. The van der Waals surface area contributed by atoms with Crippen LogP contribution in [0.5, 0.6) is 0 Å². The van der Waals surface area contributed by atoms with Gasteiger partial charge in [0.15, 0.2) is 0 Å². The molecule has 0 fully saturated rings. The molecule has 9 heavy (non-hydrogen) atoms. The summed E-state index contributed by atoms with van der Waals surface area (Å²) in [5.74, 6) is 0. The van der Waals surface area contributed by atoms with E-state index in [0.717, 1.165) is 18.2 Å². The number of rotatable bonds is 1. The predicted molar refractivity (Wildman–Crippen MR) is 37.3 cm³/mol. The quantitative estimate of drug-likeness (QED) is 0.495. The Hall–Kier alpha value is -0.915. The molecule has 1 rings (SSSR count). The fourth-order valence-electron chi connectivity index (χ4n) is 0.743. The van der Waals surface area contributed by atoms with Crippen LogP contribution < -0.4 is 5.46 Å². The molecule has 0 amide bonds. The molecule has 0 aliphatic carbocycles. The van der Waals surface area contributed by atoms with Gasteiger partial charge in [-0.3, -0.25) is 0 Å². The summed E-state index contributed by atoms with van der Waals surface area (Å²) in [6, 6.07) is 7.49. The van der Waals surface area contributed by atoms with Crippen LogP contribution >= 0.6 is 0 Å². The third kappa shape index (κ3) is 1.49. The van der Waals surface area contributed by atoms with E-state index >= 15 is 0 Å². The Balaban J connectivity index is 3.07. The van der Waals surface area contributed by atoms with Gasteiger partial charge in [-0.1, -0.05) is 0 Å². The van der Waals surface area contributed by atoms with E-state index in [9.17, 15) is 4.70 Å². The second-order valence-electron chi connectivity index (χ2n) is 2.03. The minimum atomic E-state index is 0.745. The summed E-state index contributed by atoms with van der Waals surface area (Å²) in [6.07, 6.45) is 0. The van der Waals surface area contributed by atoms with E-state index in [1.807, 2.05) is 25.1 Å². The summed E-state index contributed by atoms with van der Waals surface area (Å²) in [6.45, 7) is 1.97. The molecule has 0 bridgehead atoms. The van der Waals surface area contributed by atoms with E-state index < -0.39 is 0 Å². The van der Waals surface area contributed by atoms with Crippen LogP contribution in [0.25, 0.3) is 0 Å². The van der Waals surface area contributed by atoms with E-state index in [1.54, 1.807) is 6.07 Å². The zero-order valence-electron chi connectivity index (χ0n) is 5.29. The standard InChI is InChI=1S/C7H7BO/c1-6-3-2-4-7(5-6)8-9/h2-5H,1H3. The van der Waals surface area contributed by atoms with Crippen LogP contribution in [0.1, 0.15) is 5.56 Å². The van der Waals surface area contributed by atoms with Crippen molar-refractivity contribution in [2.24, 2.45) is 0 Å². The summed E-state index contributed by atoms with van der Waals surface area (Å²) in [4.78, 5) is 0. The average Bonchev–Trinajstić information content (AvgIpc) is 1.88. The third-order valence-electron chi connectivity index (χ3n) is 1.18. The first-order valence-electron chi connectivity index (χ1n) is 2.85. The Morgan fingerprint density at radius 3 is 2.67 bits per heavy atom. The Kier molecular flexibility index (Phi) is 1.78. The summed E-state index contributed by atoms with van der Waals surface area (Å²) in [5.41, 5.74) is 1.87. The summed E-state index contributed by atoms with van der Waals surface area (Å²) in [7, 11) is 0.854. The normalized spacial score (nSPS) is 8.56. The molecule has 1 aromatic carbocycles. The van der Waals surface area contributed by atoms with Crippen molar-refractivity contribution in [3.8, 4) is 0 Å². The van der Waals surface area contributed by atoms with E-state index in [2.05, 4.69) is 0 Å². The van der Waals surface area contributed by atoms with Crippen molar-refractivity contribution in [2.75, 3.05) is 0 Å². The van der Waals surface area contributed by atoms with Crippen LogP contribution in [0.4, 0.5) is 0 Å². The number of hydrogen-bond donors (Lipinski definition) is 0. The summed E-state index contributed by atoms with van der Waals surface area (Å²) < 4.78 is 10.2. The van der Waals surface area contributed by atoms with Gasteiger partial charge < -0.3 is 0 Å². The third-order valence-corrected chi connectivity index (χ3v) is 1.18. The predicted octanol–water partition coefficient (Wildman–Crippen LogP) is 0.670. The van der Waals surface area contributed by atoms with Gasteiger partial charge in [0.25, 0.3) is 0 Å². The van der Waals surface area contributed by atoms with Gasteiger partial charge in [0.05, 0.1) is 0 Å². The minimum absolute atomic E-state index is 0.745. The molecule has 0 aliphatic rings. The monoisotopic (exact) mass is 118 g/mol. The molecule has 0 heterocycles. The fourth-order valence-corrected chi connectivity index (χ4v) is 0.743. The van der Waals surface area contributed by atoms with Gasteiger partial charge in [-0.05, 0) is 0 Å². The molecule has 44 valence electrons. The molecule has 0 atom stereocenters. The maximum atomic E-state index is 10.2. The average molecular weight is 118 g/mol. The first-order valence-corrected chi connectivity index (χ1v) is 2.85. The van der Waals surface area contributed by atoms with Gasteiger partial charge in [0.1, 0.15) is 0 Å². The molecule has 0 saturated carbocycles.